The number of ether oxygens (including phenoxy) is 1. The smallest absolute Gasteiger partial charge is 0.261 e. The normalized spacial score (nSPS) is 12.9. The van der Waals surface area contributed by atoms with Crippen LogP contribution in [-0.4, -0.2) is 40.3 Å². The van der Waals surface area contributed by atoms with Crippen molar-refractivity contribution in [1.29, 1.82) is 0 Å². The molecule has 33 heavy (non-hydrogen) atoms. The van der Waals surface area contributed by atoms with Gasteiger partial charge in [-0.1, -0.05) is 81.4 Å². The van der Waals surface area contributed by atoms with Crippen LogP contribution in [0.15, 0.2) is 84.9 Å². The molecule has 0 unspecified atom stereocenters. The van der Waals surface area contributed by atoms with Crippen LogP contribution < -0.4 is 20.4 Å². The fourth-order valence-electron chi connectivity index (χ4n) is 4.37. The molecule has 0 fully saturated rings. The summed E-state index contributed by atoms with van der Waals surface area (Å²) in [6, 6.07) is 29.2. The molecule has 3 aromatic carbocycles. The molecular formula is C28H37NO3Si. The number of nitrogens with one attached hydrogen (secondary N) is 1. The summed E-state index contributed by atoms with van der Waals surface area (Å²) in [6.45, 7) is 8.26. The van der Waals surface area contributed by atoms with Gasteiger partial charge in [0.15, 0.2) is 0 Å². The van der Waals surface area contributed by atoms with Gasteiger partial charge in [-0.15, -0.1) is 0 Å². The Labute approximate surface area is 199 Å². The molecule has 0 spiro atoms. The maximum absolute atomic E-state index is 10.0. The van der Waals surface area contributed by atoms with Crippen LogP contribution in [0.1, 0.15) is 27.2 Å². The van der Waals surface area contributed by atoms with E-state index < -0.39 is 8.32 Å². The lowest BCUT2D eigenvalue weighted by Gasteiger charge is -2.43. The van der Waals surface area contributed by atoms with Crippen molar-refractivity contribution in [3.05, 3.63) is 84.9 Å². The van der Waals surface area contributed by atoms with Gasteiger partial charge in [0.2, 0.25) is 0 Å². The van der Waals surface area contributed by atoms with Gasteiger partial charge < -0.3 is 19.6 Å². The Balaban J connectivity index is 1.74. The minimum atomic E-state index is -2.54. The van der Waals surface area contributed by atoms with E-state index in [0.29, 0.717) is 13.2 Å². The minimum Gasteiger partial charge on any atom is -0.497 e. The van der Waals surface area contributed by atoms with E-state index >= 15 is 0 Å². The lowest BCUT2D eigenvalue weighted by atomic mass is 10.1. The molecule has 4 nitrogen and oxygen atoms in total. The molecule has 2 N–H and O–H groups in total. The number of aliphatic hydroxyl groups excluding tert-OH is 1. The summed E-state index contributed by atoms with van der Waals surface area (Å²) in [7, 11) is -0.880. The number of hydrogen-bond acceptors (Lipinski definition) is 4. The second-order valence-electron chi connectivity index (χ2n) is 9.46. The van der Waals surface area contributed by atoms with Crippen molar-refractivity contribution in [3.63, 3.8) is 0 Å². The fourth-order valence-corrected chi connectivity index (χ4v) is 8.95. The van der Waals surface area contributed by atoms with Crippen LogP contribution in [-0.2, 0) is 4.43 Å². The van der Waals surface area contributed by atoms with Gasteiger partial charge in [0.25, 0.3) is 8.32 Å². The zero-order valence-corrected chi connectivity index (χ0v) is 21.3. The van der Waals surface area contributed by atoms with Crippen molar-refractivity contribution >= 4 is 24.4 Å². The molecule has 176 valence electrons. The van der Waals surface area contributed by atoms with Crippen molar-refractivity contribution < 1.29 is 14.3 Å². The zero-order chi connectivity index (χ0) is 23.7. The maximum atomic E-state index is 10.0. The van der Waals surface area contributed by atoms with Crippen molar-refractivity contribution in [3.8, 4) is 5.75 Å². The quantitative estimate of drug-likeness (QED) is 0.405. The molecule has 3 aromatic rings. The van der Waals surface area contributed by atoms with Crippen molar-refractivity contribution in [2.75, 3.05) is 32.2 Å². The Morgan fingerprint density at radius 3 is 1.85 bits per heavy atom. The highest BCUT2D eigenvalue weighted by molar-refractivity contribution is 6.99. The van der Waals surface area contributed by atoms with Gasteiger partial charge in [0, 0.05) is 31.4 Å². The molecule has 0 amide bonds. The largest absolute Gasteiger partial charge is 0.497 e. The molecule has 0 radical (unpaired) electrons. The van der Waals surface area contributed by atoms with E-state index in [1.807, 2.05) is 24.3 Å². The molecule has 1 atom stereocenters. The average molecular weight is 464 g/mol. The number of benzene rings is 3. The maximum Gasteiger partial charge on any atom is 0.261 e. The first kappa shape index (κ1) is 25.0. The Kier molecular flexibility index (Phi) is 8.72. The van der Waals surface area contributed by atoms with Gasteiger partial charge in [-0.3, -0.25) is 0 Å². The monoisotopic (exact) mass is 463 g/mol. The van der Waals surface area contributed by atoms with Crippen molar-refractivity contribution in [1.82, 2.24) is 0 Å². The first-order valence-electron chi connectivity index (χ1n) is 11.6. The van der Waals surface area contributed by atoms with E-state index in [0.717, 1.165) is 17.9 Å². The molecule has 0 aliphatic rings. The highest BCUT2D eigenvalue weighted by Crippen LogP contribution is 2.37. The number of hydrogen-bond donors (Lipinski definition) is 2. The lowest BCUT2D eigenvalue weighted by Crippen LogP contribution is -2.66. The van der Waals surface area contributed by atoms with Crippen LogP contribution in [0.4, 0.5) is 5.69 Å². The summed E-state index contributed by atoms with van der Waals surface area (Å²) >= 11 is 0. The molecule has 0 aromatic heterocycles. The topological polar surface area (TPSA) is 50.7 Å². The van der Waals surface area contributed by atoms with Crippen LogP contribution in [0.25, 0.3) is 0 Å². The predicted molar refractivity (Wildman–Crippen MR) is 140 cm³/mol. The second kappa shape index (κ2) is 11.5. The molecular weight excluding hydrogens is 426 g/mol. The SMILES string of the molecule is COc1ccc(NC[C@@H](CO)CCO[Si](c2ccccc2)(c2ccccc2)C(C)(C)C)cc1. The molecule has 0 aliphatic heterocycles. The summed E-state index contributed by atoms with van der Waals surface area (Å²) in [4.78, 5) is 0. The first-order valence-corrected chi connectivity index (χ1v) is 13.6. The van der Waals surface area contributed by atoms with Gasteiger partial charge in [-0.25, -0.2) is 0 Å². The number of aliphatic hydroxyl groups is 1. The van der Waals surface area contributed by atoms with Gasteiger partial charge in [-0.2, -0.15) is 0 Å². The number of rotatable bonds is 11. The van der Waals surface area contributed by atoms with Crippen LogP contribution >= 0.6 is 0 Å². The Hall–Kier alpha value is -2.60. The van der Waals surface area contributed by atoms with E-state index in [2.05, 4.69) is 86.8 Å². The Morgan fingerprint density at radius 1 is 0.848 bits per heavy atom. The first-order chi connectivity index (χ1) is 15.9. The number of methoxy groups -OCH3 is 1. The highest BCUT2D eigenvalue weighted by Gasteiger charge is 2.50. The molecule has 0 aliphatic carbocycles. The van der Waals surface area contributed by atoms with Gasteiger partial charge in [0.1, 0.15) is 5.75 Å². The third-order valence-electron chi connectivity index (χ3n) is 6.20. The van der Waals surface area contributed by atoms with Gasteiger partial charge in [0.05, 0.1) is 7.11 Å². The second-order valence-corrected chi connectivity index (χ2v) is 13.8. The van der Waals surface area contributed by atoms with Crippen molar-refractivity contribution in [2.45, 2.75) is 32.2 Å². The van der Waals surface area contributed by atoms with E-state index in [1.165, 1.54) is 10.4 Å². The summed E-state index contributed by atoms with van der Waals surface area (Å²) < 4.78 is 12.2. The predicted octanol–water partition coefficient (Wildman–Crippen LogP) is 4.68. The minimum absolute atomic E-state index is 0.0498. The summed E-state index contributed by atoms with van der Waals surface area (Å²) in [5.74, 6) is 0.934. The van der Waals surface area contributed by atoms with Gasteiger partial charge in [-0.05, 0) is 46.1 Å². The molecule has 0 saturated carbocycles. The van der Waals surface area contributed by atoms with Gasteiger partial charge >= 0.3 is 0 Å². The van der Waals surface area contributed by atoms with E-state index in [1.54, 1.807) is 7.11 Å². The van der Waals surface area contributed by atoms with E-state index in [4.69, 9.17) is 9.16 Å². The lowest BCUT2D eigenvalue weighted by molar-refractivity contribution is 0.194. The molecule has 0 heterocycles. The van der Waals surface area contributed by atoms with Crippen LogP contribution in [0.2, 0.25) is 5.04 Å². The zero-order valence-electron chi connectivity index (χ0n) is 20.3. The average Bonchev–Trinajstić information content (AvgIpc) is 2.84. The summed E-state index contributed by atoms with van der Waals surface area (Å²) in [5.41, 5.74) is 1.02. The molecule has 0 saturated heterocycles. The number of anilines is 1. The summed E-state index contributed by atoms with van der Waals surface area (Å²) in [6.07, 6.45) is 0.782. The Bertz CT molecular complexity index is 916. The Morgan fingerprint density at radius 2 is 1.39 bits per heavy atom. The van der Waals surface area contributed by atoms with E-state index in [9.17, 15) is 5.11 Å². The third kappa shape index (κ3) is 6.05. The van der Waals surface area contributed by atoms with E-state index in [-0.39, 0.29) is 17.6 Å². The van der Waals surface area contributed by atoms with Crippen LogP contribution in [0, 0.1) is 5.92 Å². The van der Waals surface area contributed by atoms with Crippen LogP contribution in [0.3, 0.4) is 0 Å². The summed E-state index contributed by atoms with van der Waals surface area (Å²) in [5, 5.41) is 15.9. The molecule has 5 heteroatoms. The molecule has 0 bridgehead atoms. The van der Waals surface area contributed by atoms with Crippen LogP contribution in [0.5, 0.6) is 5.75 Å². The fraction of sp³-hybridized carbons (Fsp3) is 0.357. The van der Waals surface area contributed by atoms with Crippen molar-refractivity contribution in [2.24, 2.45) is 5.92 Å². The third-order valence-corrected chi connectivity index (χ3v) is 11.2. The highest BCUT2D eigenvalue weighted by atomic mass is 28.4. The standard InChI is InChI=1S/C28H37NO3Si/c1-28(2,3)33(26-11-7-5-8-12-26,27-13-9-6-10-14-27)32-20-19-23(22-30)21-29-24-15-17-25(31-4)18-16-24/h5-18,23,29-30H,19-22H2,1-4H3/t23-/m0/s1. The molecule has 3 rings (SSSR count).